The Morgan fingerprint density at radius 2 is 1.36 bits per heavy atom. The number of nitrogens with zero attached hydrogens (tertiary/aromatic N) is 1. The molecular weight excluding hydrogens is 170 g/mol. The Balaban J connectivity index is 3.93. The highest BCUT2D eigenvalue weighted by atomic mass is 15.1. The second kappa shape index (κ2) is 5.16. The summed E-state index contributed by atoms with van der Waals surface area (Å²) in [5, 5.41) is 0. The first-order chi connectivity index (χ1) is 6.14. The summed E-state index contributed by atoms with van der Waals surface area (Å²) in [4.78, 5) is 2.56. The van der Waals surface area contributed by atoms with Crippen molar-refractivity contribution >= 4 is 0 Å². The molecule has 0 saturated heterocycles. The van der Waals surface area contributed by atoms with E-state index < -0.39 is 0 Å². The first-order valence-electron chi connectivity index (χ1n) is 5.86. The van der Waals surface area contributed by atoms with Crippen LogP contribution in [0.3, 0.4) is 0 Å². The summed E-state index contributed by atoms with van der Waals surface area (Å²) in [5.41, 5.74) is 0.888. The molecule has 0 aromatic heterocycles. The Morgan fingerprint density at radius 1 is 0.857 bits per heavy atom. The zero-order valence-electron chi connectivity index (χ0n) is 11.3. The van der Waals surface area contributed by atoms with Gasteiger partial charge in [-0.3, -0.25) is 0 Å². The lowest BCUT2D eigenvalue weighted by molar-refractivity contribution is 0.176. The fourth-order valence-electron chi connectivity index (χ4n) is 1.51. The SMILES string of the molecule is CCN(CCC(C)(C)C)CC(C)(C)C. The van der Waals surface area contributed by atoms with Crippen LogP contribution in [-0.4, -0.2) is 24.5 Å². The van der Waals surface area contributed by atoms with Crippen LogP contribution in [0.25, 0.3) is 0 Å². The van der Waals surface area contributed by atoms with E-state index >= 15 is 0 Å². The highest BCUT2D eigenvalue weighted by Gasteiger charge is 2.17. The molecule has 0 bridgehead atoms. The van der Waals surface area contributed by atoms with Crippen LogP contribution in [0.4, 0.5) is 0 Å². The zero-order valence-corrected chi connectivity index (χ0v) is 11.3. The van der Waals surface area contributed by atoms with E-state index in [1.165, 1.54) is 26.1 Å². The Hall–Kier alpha value is -0.0400. The minimum Gasteiger partial charge on any atom is -0.303 e. The molecule has 1 heteroatoms. The van der Waals surface area contributed by atoms with Gasteiger partial charge in [-0.2, -0.15) is 0 Å². The molecule has 0 spiro atoms. The van der Waals surface area contributed by atoms with Crippen LogP contribution < -0.4 is 0 Å². The third-order valence-electron chi connectivity index (χ3n) is 2.32. The van der Waals surface area contributed by atoms with E-state index in [1.54, 1.807) is 0 Å². The molecule has 0 aromatic carbocycles. The lowest BCUT2D eigenvalue weighted by atomic mass is 9.91. The largest absolute Gasteiger partial charge is 0.303 e. The fourth-order valence-corrected chi connectivity index (χ4v) is 1.51. The van der Waals surface area contributed by atoms with Gasteiger partial charge in [-0.05, 0) is 30.3 Å². The van der Waals surface area contributed by atoms with E-state index in [9.17, 15) is 0 Å². The Labute approximate surface area is 90.9 Å². The normalized spacial score (nSPS) is 13.7. The van der Waals surface area contributed by atoms with E-state index in [2.05, 4.69) is 53.4 Å². The maximum atomic E-state index is 2.56. The summed E-state index contributed by atoms with van der Waals surface area (Å²) in [6, 6.07) is 0. The average Bonchev–Trinajstić information content (AvgIpc) is 1.94. The molecule has 0 radical (unpaired) electrons. The molecule has 0 fully saturated rings. The van der Waals surface area contributed by atoms with E-state index in [-0.39, 0.29) is 0 Å². The van der Waals surface area contributed by atoms with E-state index in [1.807, 2.05) is 0 Å². The lowest BCUT2D eigenvalue weighted by Gasteiger charge is -2.31. The topological polar surface area (TPSA) is 3.24 Å². The van der Waals surface area contributed by atoms with Gasteiger partial charge in [-0.25, -0.2) is 0 Å². The molecule has 0 unspecified atom stereocenters. The Morgan fingerprint density at radius 3 is 1.64 bits per heavy atom. The summed E-state index contributed by atoms with van der Waals surface area (Å²) >= 11 is 0. The van der Waals surface area contributed by atoms with Crippen LogP contribution in [0.5, 0.6) is 0 Å². The molecule has 0 rings (SSSR count). The molecule has 0 atom stereocenters. The summed E-state index contributed by atoms with van der Waals surface area (Å²) in [6.07, 6.45) is 1.29. The predicted molar refractivity (Wildman–Crippen MR) is 65.6 cm³/mol. The molecule has 0 amide bonds. The second-order valence-corrected chi connectivity index (χ2v) is 6.74. The second-order valence-electron chi connectivity index (χ2n) is 6.74. The van der Waals surface area contributed by atoms with E-state index in [0.29, 0.717) is 10.8 Å². The van der Waals surface area contributed by atoms with Gasteiger partial charge in [0.2, 0.25) is 0 Å². The minimum atomic E-state index is 0.424. The van der Waals surface area contributed by atoms with Crippen molar-refractivity contribution in [1.82, 2.24) is 4.90 Å². The Kier molecular flexibility index (Phi) is 5.14. The minimum absolute atomic E-state index is 0.424. The van der Waals surface area contributed by atoms with Crippen molar-refractivity contribution in [2.24, 2.45) is 10.8 Å². The van der Waals surface area contributed by atoms with Gasteiger partial charge in [0.05, 0.1) is 0 Å². The molecule has 0 aromatic rings. The average molecular weight is 199 g/mol. The van der Waals surface area contributed by atoms with E-state index in [0.717, 1.165) is 0 Å². The summed E-state index contributed by atoms with van der Waals surface area (Å²) in [5.74, 6) is 0. The van der Waals surface area contributed by atoms with Crippen LogP contribution in [-0.2, 0) is 0 Å². The molecular formula is C13H29N. The first kappa shape index (κ1) is 14.0. The van der Waals surface area contributed by atoms with Crippen LogP contribution in [0.2, 0.25) is 0 Å². The highest BCUT2D eigenvalue weighted by Crippen LogP contribution is 2.21. The molecule has 0 heterocycles. The molecule has 0 saturated carbocycles. The van der Waals surface area contributed by atoms with Crippen molar-refractivity contribution in [2.75, 3.05) is 19.6 Å². The molecule has 86 valence electrons. The van der Waals surface area contributed by atoms with Gasteiger partial charge >= 0.3 is 0 Å². The van der Waals surface area contributed by atoms with E-state index in [4.69, 9.17) is 0 Å². The third kappa shape index (κ3) is 8.55. The maximum Gasteiger partial charge on any atom is 0.00299 e. The van der Waals surface area contributed by atoms with Crippen LogP contribution >= 0.6 is 0 Å². The van der Waals surface area contributed by atoms with Crippen molar-refractivity contribution < 1.29 is 0 Å². The van der Waals surface area contributed by atoms with Crippen molar-refractivity contribution in [3.8, 4) is 0 Å². The number of rotatable bonds is 4. The fraction of sp³-hybridized carbons (Fsp3) is 1.00. The molecule has 0 aliphatic rings. The molecule has 1 nitrogen and oxygen atoms in total. The predicted octanol–water partition coefficient (Wildman–Crippen LogP) is 3.79. The summed E-state index contributed by atoms with van der Waals surface area (Å²) in [6.45, 7) is 19.8. The third-order valence-corrected chi connectivity index (χ3v) is 2.32. The quantitative estimate of drug-likeness (QED) is 0.666. The summed E-state index contributed by atoms with van der Waals surface area (Å²) < 4.78 is 0. The van der Waals surface area contributed by atoms with Crippen LogP contribution in [0, 0.1) is 10.8 Å². The number of hydrogen-bond donors (Lipinski definition) is 0. The maximum absolute atomic E-state index is 2.56. The van der Waals surface area contributed by atoms with Gasteiger partial charge in [0.25, 0.3) is 0 Å². The van der Waals surface area contributed by atoms with Gasteiger partial charge in [0, 0.05) is 6.54 Å². The zero-order chi connectivity index (χ0) is 11.4. The Bertz CT molecular complexity index is 148. The van der Waals surface area contributed by atoms with Gasteiger partial charge in [0.15, 0.2) is 0 Å². The molecule has 14 heavy (non-hydrogen) atoms. The molecule has 0 N–H and O–H groups in total. The lowest BCUT2D eigenvalue weighted by Crippen LogP contribution is -2.34. The highest BCUT2D eigenvalue weighted by molar-refractivity contribution is 4.71. The van der Waals surface area contributed by atoms with Gasteiger partial charge in [-0.1, -0.05) is 48.5 Å². The van der Waals surface area contributed by atoms with Crippen LogP contribution in [0.1, 0.15) is 54.9 Å². The van der Waals surface area contributed by atoms with Crippen LogP contribution in [0.15, 0.2) is 0 Å². The smallest absolute Gasteiger partial charge is 0.00299 e. The number of hydrogen-bond acceptors (Lipinski definition) is 1. The molecule has 0 aliphatic carbocycles. The van der Waals surface area contributed by atoms with Crippen molar-refractivity contribution in [3.05, 3.63) is 0 Å². The van der Waals surface area contributed by atoms with Crippen molar-refractivity contribution in [3.63, 3.8) is 0 Å². The van der Waals surface area contributed by atoms with Gasteiger partial charge < -0.3 is 4.90 Å². The monoisotopic (exact) mass is 199 g/mol. The van der Waals surface area contributed by atoms with Gasteiger partial charge in [-0.15, -0.1) is 0 Å². The first-order valence-corrected chi connectivity index (χ1v) is 5.86. The molecule has 0 aliphatic heterocycles. The standard InChI is InChI=1S/C13H29N/c1-8-14(11-13(5,6)7)10-9-12(2,3)4/h8-11H2,1-7H3. The summed E-state index contributed by atoms with van der Waals surface area (Å²) in [7, 11) is 0. The van der Waals surface area contributed by atoms with Crippen molar-refractivity contribution in [2.45, 2.75) is 54.9 Å². The van der Waals surface area contributed by atoms with Gasteiger partial charge in [0.1, 0.15) is 0 Å². The van der Waals surface area contributed by atoms with Crippen molar-refractivity contribution in [1.29, 1.82) is 0 Å².